The summed E-state index contributed by atoms with van der Waals surface area (Å²) >= 11 is 0. The Morgan fingerprint density at radius 2 is 2.16 bits per heavy atom. The number of likely N-dealkylation sites (N-methyl/N-ethyl adjacent to an activating group) is 1. The first-order valence-corrected chi connectivity index (χ1v) is 6.47. The van der Waals surface area contributed by atoms with Crippen molar-refractivity contribution in [1.82, 2.24) is 15.1 Å². The molecule has 7 nitrogen and oxygen atoms in total. The number of rotatable bonds is 5. The Hall–Kier alpha value is -1.34. The summed E-state index contributed by atoms with van der Waals surface area (Å²) in [5, 5.41) is 12.2. The van der Waals surface area contributed by atoms with Gasteiger partial charge in [0.2, 0.25) is 0 Å². The maximum atomic E-state index is 12.0. The number of nitrogens with zero attached hydrogens (tertiary/aromatic N) is 2. The molecule has 0 aromatic rings. The van der Waals surface area contributed by atoms with Gasteiger partial charge in [-0.05, 0) is 27.4 Å². The van der Waals surface area contributed by atoms with Crippen LogP contribution in [0.15, 0.2) is 0 Å². The van der Waals surface area contributed by atoms with Crippen molar-refractivity contribution >= 4 is 12.0 Å². The van der Waals surface area contributed by atoms with Gasteiger partial charge < -0.3 is 25.0 Å². The van der Waals surface area contributed by atoms with Gasteiger partial charge in [0.25, 0.3) is 0 Å². The van der Waals surface area contributed by atoms with Crippen molar-refractivity contribution < 1.29 is 19.4 Å². The maximum Gasteiger partial charge on any atom is 0.325 e. The van der Waals surface area contributed by atoms with Crippen LogP contribution in [0.2, 0.25) is 0 Å². The zero-order valence-corrected chi connectivity index (χ0v) is 11.8. The van der Waals surface area contributed by atoms with Crippen LogP contribution in [-0.2, 0) is 9.53 Å². The van der Waals surface area contributed by atoms with Crippen molar-refractivity contribution in [3.05, 3.63) is 0 Å². The topological polar surface area (TPSA) is 82.1 Å². The minimum absolute atomic E-state index is 0.0350. The number of hydrogen-bond acceptors (Lipinski definition) is 5. The summed E-state index contributed by atoms with van der Waals surface area (Å²) in [6, 6.07) is -0.372. The van der Waals surface area contributed by atoms with Gasteiger partial charge in [0.1, 0.15) is 6.54 Å². The number of aliphatic hydroxyl groups is 1. The fourth-order valence-electron chi connectivity index (χ4n) is 2.20. The average molecular weight is 273 g/mol. The molecule has 1 rings (SSSR count). The Morgan fingerprint density at radius 1 is 1.47 bits per heavy atom. The number of ether oxygens (including phenoxy) is 1. The molecule has 0 bridgehead atoms. The summed E-state index contributed by atoms with van der Waals surface area (Å²) in [5.74, 6) is -0.459. The van der Waals surface area contributed by atoms with Crippen LogP contribution in [0.3, 0.4) is 0 Å². The molecule has 0 radical (unpaired) electrons. The van der Waals surface area contributed by atoms with Crippen LogP contribution in [0.1, 0.15) is 13.3 Å². The number of carbonyl (C=O) groups is 2. The molecule has 1 fully saturated rings. The molecule has 0 saturated carbocycles. The number of esters is 1. The van der Waals surface area contributed by atoms with E-state index in [-0.39, 0.29) is 18.6 Å². The van der Waals surface area contributed by atoms with Gasteiger partial charge in [-0.15, -0.1) is 0 Å². The Balaban J connectivity index is 2.47. The molecule has 0 spiro atoms. The molecule has 2 N–H and O–H groups in total. The first-order chi connectivity index (χ1) is 8.93. The molecule has 2 atom stereocenters. The van der Waals surface area contributed by atoms with E-state index in [2.05, 4.69) is 5.32 Å². The van der Waals surface area contributed by atoms with E-state index in [1.54, 1.807) is 11.8 Å². The summed E-state index contributed by atoms with van der Waals surface area (Å²) in [6.07, 6.45) is 0.0589. The fraction of sp³-hybridized carbons (Fsp3) is 0.833. The van der Waals surface area contributed by atoms with Crippen LogP contribution in [-0.4, -0.2) is 79.4 Å². The third kappa shape index (κ3) is 5.04. The second kappa shape index (κ2) is 7.30. The number of β-amino-alcohol motifs (C(OH)–C–C–N with tert-alkyl or cyclic N) is 1. The fourth-order valence-corrected chi connectivity index (χ4v) is 2.20. The zero-order valence-electron chi connectivity index (χ0n) is 11.8. The third-order valence-electron chi connectivity index (χ3n) is 2.92. The van der Waals surface area contributed by atoms with Crippen molar-refractivity contribution in [1.29, 1.82) is 0 Å². The molecule has 1 saturated heterocycles. The minimum atomic E-state index is -0.502. The largest absolute Gasteiger partial charge is 0.465 e. The maximum absolute atomic E-state index is 12.0. The van der Waals surface area contributed by atoms with Gasteiger partial charge in [0.05, 0.1) is 12.7 Å². The van der Waals surface area contributed by atoms with Crippen LogP contribution in [0.5, 0.6) is 0 Å². The molecule has 0 aliphatic carbocycles. The van der Waals surface area contributed by atoms with Gasteiger partial charge in [0, 0.05) is 19.1 Å². The van der Waals surface area contributed by atoms with E-state index in [1.807, 2.05) is 19.0 Å². The predicted octanol–water partition coefficient (Wildman–Crippen LogP) is -0.744. The molecule has 0 aromatic heterocycles. The van der Waals surface area contributed by atoms with Crippen molar-refractivity contribution in [2.75, 3.05) is 40.3 Å². The highest BCUT2D eigenvalue weighted by molar-refractivity contribution is 5.81. The molecule has 19 heavy (non-hydrogen) atoms. The smallest absolute Gasteiger partial charge is 0.325 e. The number of carbonyl (C=O) groups excluding carboxylic acids is 2. The van der Waals surface area contributed by atoms with Crippen molar-refractivity contribution in [2.24, 2.45) is 0 Å². The Labute approximate surface area is 113 Å². The van der Waals surface area contributed by atoms with Crippen LogP contribution in [0.4, 0.5) is 4.79 Å². The average Bonchev–Trinajstić information content (AvgIpc) is 2.66. The molecule has 0 aromatic carbocycles. The molecular weight excluding hydrogens is 250 g/mol. The molecule has 1 aliphatic rings. The Morgan fingerprint density at radius 3 is 2.74 bits per heavy atom. The predicted molar refractivity (Wildman–Crippen MR) is 69.7 cm³/mol. The SMILES string of the molecule is CCOC(=O)CNC(=O)N1CC(O)CC1CN(C)C. The standard InChI is InChI=1S/C12H23N3O4/c1-4-19-11(17)6-13-12(18)15-8-10(16)5-9(15)7-14(2)3/h9-10,16H,4-8H2,1-3H3,(H,13,18). The zero-order chi connectivity index (χ0) is 14.4. The lowest BCUT2D eigenvalue weighted by molar-refractivity contribution is -0.141. The second-order valence-electron chi connectivity index (χ2n) is 4.92. The highest BCUT2D eigenvalue weighted by atomic mass is 16.5. The molecule has 2 amide bonds. The quantitative estimate of drug-likeness (QED) is 0.645. The van der Waals surface area contributed by atoms with Gasteiger partial charge in [-0.25, -0.2) is 4.79 Å². The van der Waals surface area contributed by atoms with E-state index in [1.165, 1.54) is 0 Å². The molecule has 1 aliphatic heterocycles. The number of aliphatic hydroxyl groups excluding tert-OH is 1. The van der Waals surface area contributed by atoms with Crippen molar-refractivity contribution in [3.8, 4) is 0 Å². The van der Waals surface area contributed by atoms with E-state index in [0.717, 1.165) is 0 Å². The number of urea groups is 1. The van der Waals surface area contributed by atoms with E-state index in [0.29, 0.717) is 26.1 Å². The summed E-state index contributed by atoms with van der Waals surface area (Å²) in [5.41, 5.74) is 0. The number of likely N-dealkylation sites (tertiary alicyclic amines) is 1. The van der Waals surface area contributed by atoms with Gasteiger partial charge in [-0.2, -0.15) is 0 Å². The molecule has 7 heteroatoms. The summed E-state index contributed by atoms with van der Waals surface area (Å²) in [7, 11) is 3.83. The van der Waals surface area contributed by atoms with Gasteiger partial charge in [-0.1, -0.05) is 0 Å². The number of amides is 2. The molecule has 110 valence electrons. The second-order valence-corrected chi connectivity index (χ2v) is 4.92. The van der Waals surface area contributed by atoms with Crippen molar-refractivity contribution in [3.63, 3.8) is 0 Å². The van der Waals surface area contributed by atoms with Crippen LogP contribution in [0.25, 0.3) is 0 Å². The molecule has 2 unspecified atom stereocenters. The summed E-state index contributed by atoms with van der Waals surface area (Å²) < 4.78 is 4.74. The van der Waals surface area contributed by atoms with E-state index in [4.69, 9.17) is 4.74 Å². The van der Waals surface area contributed by atoms with Crippen molar-refractivity contribution in [2.45, 2.75) is 25.5 Å². The van der Waals surface area contributed by atoms with Crippen LogP contribution < -0.4 is 5.32 Å². The number of hydrogen-bond donors (Lipinski definition) is 2. The van der Waals surface area contributed by atoms with E-state index in [9.17, 15) is 14.7 Å². The minimum Gasteiger partial charge on any atom is -0.465 e. The molecule has 1 heterocycles. The van der Waals surface area contributed by atoms with E-state index < -0.39 is 12.1 Å². The third-order valence-corrected chi connectivity index (χ3v) is 2.92. The van der Waals surface area contributed by atoms with Gasteiger partial charge in [-0.3, -0.25) is 4.79 Å². The monoisotopic (exact) mass is 273 g/mol. The van der Waals surface area contributed by atoms with Crippen LogP contribution >= 0.6 is 0 Å². The lowest BCUT2D eigenvalue weighted by Crippen LogP contribution is -2.47. The normalized spacial score (nSPS) is 22.7. The molecular formula is C12H23N3O4. The first-order valence-electron chi connectivity index (χ1n) is 6.47. The highest BCUT2D eigenvalue weighted by Crippen LogP contribution is 2.18. The first kappa shape index (κ1) is 15.7. The van der Waals surface area contributed by atoms with Crippen LogP contribution in [0, 0.1) is 0 Å². The lowest BCUT2D eigenvalue weighted by Gasteiger charge is -2.26. The Kier molecular flexibility index (Phi) is 6.04. The van der Waals surface area contributed by atoms with Gasteiger partial charge >= 0.3 is 12.0 Å². The van der Waals surface area contributed by atoms with Gasteiger partial charge in [0.15, 0.2) is 0 Å². The summed E-state index contributed by atoms with van der Waals surface area (Å²) in [6.45, 7) is 2.84. The summed E-state index contributed by atoms with van der Waals surface area (Å²) in [4.78, 5) is 26.7. The highest BCUT2D eigenvalue weighted by Gasteiger charge is 2.34. The lowest BCUT2D eigenvalue weighted by atomic mass is 10.2. The number of nitrogens with one attached hydrogen (secondary N) is 1. The Bertz CT molecular complexity index is 322. The van der Waals surface area contributed by atoms with E-state index >= 15 is 0 Å².